The highest BCUT2D eigenvalue weighted by molar-refractivity contribution is 5.86. The summed E-state index contributed by atoms with van der Waals surface area (Å²) in [5.41, 5.74) is 4.35. The Morgan fingerprint density at radius 3 is 2.36 bits per heavy atom. The van der Waals surface area contributed by atoms with Gasteiger partial charge in [0.2, 0.25) is 5.91 Å². The zero-order chi connectivity index (χ0) is 17.8. The minimum Gasteiger partial charge on any atom is -0.491 e. The van der Waals surface area contributed by atoms with E-state index in [0.29, 0.717) is 12.8 Å². The van der Waals surface area contributed by atoms with Gasteiger partial charge in [0.15, 0.2) is 0 Å². The second kappa shape index (κ2) is 8.73. The summed E-state index contributed by atoms with van der Waals surface area (Å²) in [6.45, 7) is -0.179. The smallest absolute Gasteiger partial charge is 0.416 e. The molecule has 1 unspecified atom stereocenters. The van der Waals surface area contributed by atoms with Crippen LogP contribution in [0.4, 0.5) is 13.2 Å². The third-order valence-corrected chi connectivity index (χ3v) is 4.07. The summed E-state index contributed by atoms with van der Waals surface area (Å²) in [5.74, 6) is -0.0898. The van der Waals surface area contributed by atoms with Crippen molar-refractivity contribution >= 4 is 18.3 Å². The fourth-order valence-electron chi connectivity index (χ4n) is 2.61. The van der Waals surface area contributed by atoms with Crippen LogP contribution >= 0.6 is 12.4 Å². The molecule has 1 aliphatic rings. The Bertz CT molecular complexity index is 561. The number of hydrogen-bond acceptors (Lipinski definition) is 4. The number of rotatable bonds is 6. The molecule has 0 aliphatic heterocycles. The van der Waals surface area contributed by atoms with Gasteiger partial charge in [0.25, 0.3) is 0 Å². The quantitative estimate of drug-likeness (QED) is 0.704. The van der Waals surface area contributed by atoms with Crippen molar-refractivity contribution in [3.05, 3.63) is 29.8 Å². The van der Waals surface area contributed by atoms with Crippen LogP contribution in [0.1, 0.15) is 31.2 Å². The molecule has 25 heavy (non-hydrogen) atoms. The molecule has 1 aromatic rings. The van der Waals surface area contributed by atoms with Crippen molar-refractivity contribution in [2.75, 3.05) is 13.2 Å². The van der Waals surface area contributed by atoms with Crippen LogP contribution in [0.3, 0.4) is 0 Å². The number of alkyl halides is 3. The highest BCUT2D eigenvalue weighted by Crippen LogP contribution is 2.30. The van der Waals surface area contributed by atoms with E-state index in [1.165, 1.54) is 12.1 Å². The Morgan fingerprint density at radius 2 is 1.84 bits per heavy atom. The summed E-state index contributed by atoms with van der Waals surface area (Å²) < 4.78 is 42.5. The Hall–Kier alpha value is -1.51. The highest BCUT2D eigenvalue weighted by Gasteiger charge is 2.36. The number of aliphatic hydroxyl groups excluding tert-OH is 1. The Balaban J connectivity index is 0.00000312. The summed E-state index contributed by atoms with van der Waals surface area (Å²) >= 11 is 0. The van der Waals surface area contributed by atoms with E-state index in [0.717, 1.165) is 25.0 Å². The fourth-order valence-corrected chi connectivity index (χ4v) is 2.61. The van der Waals surface area contributed by atoms with Crippen LogP contribution < -0.4 is 15.8 Å². The van der Waals surface area contributed by atoms with Crippen LogP contribution in [-0.2, 0) is 11.0 Å². The molecule has 1 saturated carbocycles. The van der Waals surface area contributed by atoms with E-state index in [-0.39, 0.29) is 37.2 Å². The van der Waals surface area contributed by atoms with Gasteiger partial charge in [0.1, 0.15) is 18.5 Å². The van der Waals surface area contributed by atoms with E-state index in [2.05, 4.69) is 5.32 Å². The predicted molar refractivity (Wildman–Crippen MR) is 88.6 cm³/mol. The number of halogens is 4. The van der Waals surface area contributed by atoms with Crippen LogP contribution in [0.15, 0.2) is 24.3 Å². The molecule has 0 bridgehead atoms. The molecule has 5 nitrogen and oxygen atoms in total. The topological polar surface area (TPSA) is 84.6 Å². The number of amides is 1. The molecular weight excluding hydrogens is 361 g/mol. The van der Waals surface area contributed by atoms with Crippen LogP contribution in [0.2, 0.25) is 0 Å². The molecule has 2 rings (SSSR count). The number of aliphatic hydroxyl groups is 1. The van der Waals surface area contributed by atoms with Crippen LogP contribution in [0.5, 0.6) is 5.75 Å². The zero-order valence-corrected chi connectivity index (χ0v) is 14.3. The van der Waals surface area contributed by atoms with Gasteiger partial charge >= 0.3 is 6.18 Å². The summed E-state index contributed by atoms with van der Waals surface area (Å²) in [4.78, 5) is 12.0. The third-order valence-electron chi connectivity index (χ3n) is 4.07. The van der Waals surface area contributed by atoms with Gasteiger partial charge in [-0.3, -0.25) is 4.79 Å². The summed E-state index contributed by atoms with van der Waals surface area (Å²) in [6, 6.07) is 4.17. The van der Waals surface area contributed by atoms with Crippen LogP contribution in [0, 0.1) is 0 Å². The normalized spacial score (nSPS) is 17.5. The number of nitrogens with two attached hydrogens (primary N) is 1. The van der Waals surface area contributed by atoms with E-state index in [9.17, 15) is 23.1 Å². The number of hydrogen-bond donors (Lipinski definition) is 3. The number of ether oxygens (including phenoxy) is 1. The van der Waals surface area contributed by atoms with Crippen LogP contribution in [0.25, 0.3) is 0 Å². The SMILES string of the molecule is Cl.NC1(C(=O)NCC(O)COc2ccc(C(F)(F)F)cc2)CCCC1. The standard InChI is InChI=1S/C16H21F3N2O3.ClH/c17-16(18,19)11-3-5-13(6-4-11)24-10-12(22)9-21-14(23)15(20)7-1-2-8-15;/h3-6,12,22H,1-2,7-10,20H2,(H,21,23);1H. The minimum atomic E-state index is -4.40. The van der Waals surface area contributed by atoms with Crippen molar-refractivity contribution in [3.8, 4) is 5.75 Å². The molecule has 1 aromatic carbocycles. The monoisotopic (exact) mass is 382 g/mol. The maximum absolute atomic E-state index is 12.4. The molecular formula is C16H22ClF3N2O3. The van der Waals surface area contributed by atoms with E-state index in [1.807, 2.05) is 0 Å². The molecule has 1 amide bonds. The maximum Gasteiger partial charge on any atom is 0.416 e. The first-order valence-corrected chi connectivity index (χ1v) is 7.76. The fraction of sp³-hybridized carbons (Fsp3) is 0.562. The maximum atomic E-state index is 12.4. The second-order valence-electron chi connectivity index (χ2n) is 6.06. The van der Waals surface area contributed by atoms with E-state index in [4.69, 9.17) is 10.5 Å². The lowest BCUT2D eigenvalue weighted by Crippen LogP contribution is -2.53. The Kier molecular flexibility index (Phi) is 7.52. The number of benzene rings is 1. The molecule has 1 fully saturated rings. The Morgan fingerprint density at radius 1 is 1.28 bits per heavy atom. The van der Waals surface area contributed by atoms with Crippen LogP contribution in [-0.4, -0.2) is 35.8 Å². The summed E-state index contributed by atoms with van der Waals surface area (Å²) in [7, 11) is 0. The van der Waals surface area contributed by atoms with Crippen molar-refractivity contribution < 1.29 is 27.8 Å². The van der Waals surface area contributed by atoms with Crippen molar-refractivity contribution in [2.24, 2.45) is 5.73 Å². The molecule has 1 aliphatic carbocycles. The Labute approximate surface area is 150 Å². The van der Waals surface area contributed by atoms with Gasteiger partial charge in [-0.05, 0) is 37.1 Å². The second-order valence-corrected chi connectivity index (χ2v) is 6.06. The van der Waals surface area contributed by atoms with Gasteiger partial charge in [-0.15, -0.1) is 12.4 Å². The first-order chi connectivity index (χ1) is 11.2. The van der Waals surface area contributed by atoms with Gasteiger partial charge in [-0.1, -0.05) is 12.8 Å². The lowest BCUT2D eigenvalue weighted by atomic mass is 9.98. The molecule has 4 N–H and O–H groups in total. The van der Waals surface area contributed by atoms with Gasteiger partial charge in [-0.2, -0.15) is 13.2 Å². The molecule has 0 heterocycles. The average Bonchev–Trinajstić information content (AvgIpc) is 2.98. The van der Waals surface area contributed by atoms with Gasteiger partial charge in [0, 0.05) is 6.54 Å². The van der Waals surface area contributed by atoms with Gasteiger partial charge in [0.05, 0.1) is 11.1 Å². The lowest BCUT2D eigenvalue weighted by molar-refractivity contribution is -0.137. The molecule has 1 atom stereocenters. The lowest BCUT2D eigenvalue weighted by Gasteiger charge is -2.23. The first-order valence-electron chi connectivity index (χ1n) is 7.76. The molecule has 0 aromatic heterocycles. The zero-order valence-electron chi connectivity index (χ0n) is 13.5. The van der Waals surface area contributed by atoms with E-state index < -0.39 is 23.4 Å². The molecule has 9 heteroatoms. The van der Waals surface area contributed by atoms with E-state index in [1.54, 1.807) is 0 Å². The van der Waals surface area contributed by atoms with Crippen molar-refractivity contribution in [2.45, 2.75) is 43.5 Å². The summed E-state index contributed by atoms with van der Waals surface area (Å²) in [5, 5.41) is 12.4. The largest absolute Gasteiger partial charge is 0.491 e. The predicted octanol–water partition coefficient (Wildman–Crippen LogP) is 2.25. The van der Waals surface area contributed by atoms with E-state index >= 15 is 0 Å². The molecule has 0 spiro atoms. The van der Waals surface area contributed by atoms with Gasteiger partial charge < -0.3 is 20.9 Å². The number of nitrogens with one attached hydrogen (secondary N) is 1. The van der Waals surface area contributed by atoms with Crippen molar-refractivity contribution in [3.63, 3.8) is 0 Å². The molecule has 142 valence electrons. The average molecular weight is 383 g/mol. The molecule has 0 saturated heterocycles. The number of carbonyl (C=O) groups is 1. The third kappa shape index (κ3) is 6.05. The summed E-state index contributed by atoms with van der Waals surface area (Å²) in [6.07, 6.45) is -2.33. The molecule has 0 radical (unpaired) electrons. The van der Waals surface area contributed by atoms with Crippen molar-refractivity contribution in [1.29, 1.82) is 0 Å². The number of carbonyl (C=O) groups excluding carboxylic acids is 1. The van der Waals surface area contributed by atoms with Gasteiger partial charge in [-0.25, -0.2) is 0 Å². The van der Waals surface area contributed by atoms with Crippen molar-refractivity contribution in [1.82, 2.24) is 5.32 Å². The first kappa shape index (κ1) is 21.5. The minimum absolute atomic E-state index is 0. The highest BCUT2D eigenvalue weighted by atomic mass is 35.5.